The van der Waals surface area contributed by atoms with Gasteiger partial charge in [0.2, 0.25) is 5.91 Å². The minimum Gasteiger partial charge on any atom is -0.341 e. The summed E-state index contributed by atoms with van der Waals surface area (Å²) >= 11 is 0. The lowest BCUT2D eigenvalue weighted by molar-refractivity contribution is -0.141. The molecule has 2 rings (SSSR count). The molecule has 1 heterocycles. The Morgan fingerprint density at radius 3 is 2.37 bits per heavy atom. The van der Waals surface area contributed by atoms with Gasteiger partial charge in [-0.05, 0) is 58.9 Å². The third-order valence-electron chi connectivity index (χ3n) is 5.00. The minimum atomic E-state index is -0.512. The summed E-state index contributed by atoms with van der Waals surface area (Å²) in [4.78, 5) is 16.7. The van der Waals surface area contributed by atoms with Crippen LogP contribution in [0.5, 0.6) is 0 Å². The fourth-order valence-corrected chi connectivity index (χ4v) is 3.02. The Kier molecular flexibility index (Phi) is 4.51. The van der Waals surface area contributed by atoms with Crippen molar-refractivity contribution in [3.8, 4) is 0 Å². The number of carbonyl (C=O) groups is 1. The van der Waals surface area contributed by atoms with E-state index in [1.54, 1.807) is 0 Å². The molecule has 2 aliphatic rings. The second kappa shape index (κ2) is 5.80. The molecule has 4 nitrogen and oxygen atoms in total. The van der Waals surface area contributed by atoms with Crippen LogP contribution >= 0.6 is 0 Å². The lowest BCUT2D eigenvalue weighted by Gasteiger charge is -2.43. The van der Waals surface area contributed by atoms with E-state index >= 15 is 0 Å². The number of hydrogen-bond acceptors (Lipinski definition) is 3. The highest BCUT2D eigenvalue weighted by Gasteiger charge is 2.43. The van der Waals surface area contributed by atoms with Crippen LogP contribution < -0.4 is 5.73 Å². The van der Waals surface area contributed by atoms with E-state index in [2.05, 4.69) is 25.8 Å². The molecule has 0 aromatic heterocycles. The molecule has 1 aliphatic heterocycles. The second-order valence-electron chi connectivity index (χ2n) is 6.78. The first-order chi connectivity index (χ1) is 8.92. The van der Waals surface area contributed by atoms with Crippen LogP contribution in [0.1, 0.15) is 46.0 Å². The summed E-state index contributed by atoms with van der Waals surface area (Å²) in [5.74, 6) is 0.931. The third kappa shape index (κ3) is 3.29. The molecular formula is C15H29N3O. The summed E-state index contributed by atoms with van der Waals surface area (Å²) in [5.41, 5.74) is 5.62. The van der Waals surface area contributed by atoms with E-state index in [9.17, 15) is 4.79 Å². The Labute approximate surface area is 117 Å². The van der Waals surface area contributed by atoms with Crippen molar-refractivity contribution < 1.29 is 4.79 Å². The molecule has 0 radical (unpaired) electrons. The summed E-state index contributed by atoms with van der Waals surface area (Å²) in [6.07, 6.45) is 5.11. The van der Waals surface area contributed by atoms with Gasteiger partial charge in [0.25, 0.3) is 0 Å². The molecule has 2 N–H and O–H groups in total. The van der Waals surface area contributed by atoms with Crippen LogP contribution in [0.4, 0.5) is 0 Å². The number of piperidine rings is 1. The molecule has 1 saturated heterocycles. The molecule has 110 valence electrons. The highest BCUT2D eigenvalue weighted by molar-refractivity contribution is 5.87. The van der Waals surface area contributed by atoms with Crippen molar-refractivity contribution in [3.05, 3.63) is 0 Å². The van der Waals surface area contributed by atoms with Gasteiger partial charge in [-0.15, -0.1) is 0 Å². The molecule has 0 spiro atoms. The van der Waals surface area contributed by atoms with E-state index < -0.39 is 5.54 Å². The maximum atomic E-state index is 12.3. The number of rotatable bonds is 4. The minimum absolute atomic E-state index is 0.203. The zero-order chi connectivity index (χ0) is 14.0. The molecule has 0 atom stereocenters. The van der Waals surface area contributed by atoms with Gasteiger partial charge in [-0.3, -0.25) is 4.79 Å². The van der Waals surface area contributed by atoms with E-state index in [1.165, 1.54) is 0 Å². The zero-order valence-corrected chi connectivity index (χ0v) is 12.7. The quantitative estimate of drug-likeness (QED) is 0.838. The van der Waals surface area contributed by atoms with Gasteiger partial charge in [-0.2, -0.15) is 0 Å². The summed E-state index contributed by atoms with van der Waals surface area (Å²) in [7, 11) is 2.19. The maximum absolute atomic E-state index is 12.3. The summed E-state index contributed by atoms with van der Waals surface area (Å²) in [6.45, 7) is 7.40. The molecule has 4 heteroatoms. The van der Waals surface area contributed by atoms with Crippen LogP contribution in [-0.2, 0) is 4.79 Å². The predicted molar refractivity (Wildman–Crippen MR) is 77.8 cm³/mol. The Morgan fingerprint density at radius 2 is 1.95 bits per heavy atom. The summed E-state index contributed by atoms with van der Waals surface area (Å²) in [5, 5.41) is 0. The maximum Gasteiger partial charge on any atom is 0.242 e. The largest absolute Gasteiger partial charge is 0.341 e. The average molecular weight is 267 g/mol. The number of carbonyl (C=O) groups excluding carboxylic acids is 1. The number of likely N-dealkylation sites (tertiary alicyclic amines) is 1. The van der Waals surface area contributed by atoms with Crippen molar-refractivity contribution in [1.82, 2.24) is 9.80 Å². The second-order valence-corrected chi connectivity index (χ2v) is 6.78. The summed E-state index contributed by atoms with van der Waals surface area (Å²) < 4.78 is 0. The van der Waals surface area contributed by atoms with Crippen molar-refractivity contribution in [3.63, 3.8) is 0 Å². The number of hydrogen-bond donors (Lipinski definition) is 1. The number of nitrogens with two attached hydrogens (primary N) is 1. The van der Waals surface area contributed by atoms with Crippen molar-refractivity contribution in [2.24, 2.45) is 11.7 Å². The molecule has 1 saturated carbocycles. The SMILES string of the molecule is CC(C)N(C)CC1CCN(C(=O)C2(N)CCC2)CC1. The van der Waals surface area contributed by atoms with Gasteiger partial charge < -0.3 is 15.5 Å². The topological polar surface area (TPSA) is 49.6 Å². The highest BCUT2D eigenvalue weighted by atomic mass is 16.2. The van der Waals surface area contributed by atoms with Gasteiger partial charge in [0, 0.05) is 25.7 Å². The molecule has 1 amide bonds. The van der Waals surface area contributed by atoms with Crippen LogP contribution in [0.3, 0.4) is 0 Å². The van der Waals surface area contributed by atoms with Gasteiger partial charge in [-0.1, -0.05) is 0 Å². The van der Waals surface area contributed by atoms with Gasteiger partial charge >= 0.3 is 0 Å². The van der Waals surface area contributed by atoms with Gasteiger partial charge in [0.1, 0.15) is 0 Å². The Balaban J connectivity index is 1.77. The Hall–Kier alpha value is -0.610. The van der Waals surface area contributed by atoms with Gasteiger partial charge in [-0.25, -0.2) is 0 Å². The molecule has 19 heavy (non-hydrogen) atoms. The van der Waals surface area contributed by atoms with Crippen molar-refractivity contribution in [2.75, 3.05) is 26.7 Å². The average Bonchev–Trinajstić information content (AvgIpc) is 2.36. The van der Waals surface area contributed by atoms with Crippen LogP contribution in [0, 0.1) is 5.92 Å². The van der Waals surface area contributed by atoms with E-state index in [-0.39, 0.29) is 5.91 Å². The molecule has 2 fully saturated rings. The molecule has 0 aromatic carbocycles. The van der Waals surface area contributed by atoms with E-state index in [0.717, 1.165) is 57.7 Å². The van der Waals surface area contributed by atoms with Crippen LogP contribution in [0.2, 0.25) is 0 Å². The van der Waals surface area contributed by atoms with Crippen molar-refractivity contribution in [1.29, 1.82) is 0 Å². The normalized spacial score (nSPS) is 23.8. The molecule has 0 bridgehead atoms. The number of amides is 1. The fourth-order valence-electron chi connectivity index (χ4n) is 3.02. The number of nitrogens with zero attached hydrogens (tertiary/aromatic N) is 2. The molecule has 1 aliphatic carbocycles. The van der Waals surface area contributed by atoms with Crippen molar-refractivity contribution >= 4 is 5.91 Å². The first-order valence-electron chi connectivity index (χ1n) is 7.71. The van der Waals surface area contributed by atoms with E-state index in [1.807, 2.05) is 4.90 Å². The fraction of sp³-hybridized carbons (Fsp3) is 0.933. The monoisotopic (exact) mass is 267 g/mol. The van der Waals surface area contributed by atoms with E-state index in [4.69, 9.17) is 5.73 Å². The third-order valence-corrected chi connectivity index (χ3v) is 5.00. The molecule has 0 unspecified atom stereocenters. The Morgan fingerprint density at radius 1 is 1.37 bits per heavy atom. The van der Waals surface area contributed by atoms with Crippen molar-refractivity contribution in [2.45, 2.75) is 57.5 Å². The highest BCUT2D eigenvalue weighted by Crippen LogP contribution is 2.32. The first kappa shape index (κ1) is 14.8. The van der Waals surface area contributed by atoms with Gasteiger partial charge in [0.05, 0.1) is 5.54 Å². The van der Waals surface area contributed by atoms with Crippen LogP contribution in [-0.4, -0.2) is 54.0 Å². The van der Waals surface area contributed by atoms with E-state index in [0.29, 0.717) is 6.04 Å². The smallest absolute Gasteiger partial charge is 0.242 e. The molecular weight excluding hydrogens is 238 g/mol. The Bertz CT molecular complexity index is 317. The first-order valence-corrected chi connectivity index (χ1v) is 7.71. The predicted octanol–water partition coefficient (Wildman–Crippen LogP) is 1.45. The molecule has 0 aromatic rings. The summed E-state index contributed by atoms with van der Waals surface area (Å²) in [6, 6.07) is 0.599. The lowest BCUT2D eigenvalue weighted by Crippen LogP contribution is -2.60. The zero-order valence-electron chi connectivity index (χ0n) is 12.7. The van der Waals surface area contributed by atoms with Crippen LogP contribution in [0.25, 0.3) is 0 Å². The lowest BCUT2D eigenvalue weighted by atomic mass is 9.76. The standard InChI is InChI=1S/C15H29N3O/c1-12(2)17(3)11-13-5-9-18(10-6-13)14(19)15(16)7-4-8-15/h12-13H,4-11,16H2,1-3H3. The van der Waals surface area contributed by atoms with Gasteiger partial charge in [0.15, 0.2) is 0 Å². The van der Waals surface area contributed by atoms with Crippen LogP contribution in [0.15, 0.2) is 0 Å².